The molecular formula is C16H25NO2. The van der Waals surface area contributed by atoms with Gasteiger partial charge in [0.05, 0.1) is 14.2 Å². The third kappa shape index (κ3) is 2.44. The summed E-state index contributed by atoms with van der Waals surface area (Å²) in [5.74, 6) is 1.63. The Kier molecular flexibility index (Phi) is 4.04. The van der Waals surface area contributed by atoms with E-state index in [0.29, 0.717) is 6.04 Å². The first-order chi connectivity index (χ1) is 9.07. The molecule has 1 N–H and O–H groups in total. The standard InChI is InChI=1S/C16H25NO2/c1-6-11-8-14(18-4)15(19-5)9-13(11)16(3)10-12(7-2)17-16/h8-9,12,17H,6-7,10H2,1-5H3. The van der Waals surface area contributed by atoms with Crippen LogP contribution in [0.3, 0.4) is 0 Å². The van der Waals surface area contributed by atoms with Crippen molar-refractivity contribution in [1.82, 2.24) is 5.32 Å². The average molecular weight is 263 g/mol. The van der Waals surface area contributed by atoms with Crippen LogP contribution >= 0.6 is 0 Å². The van der Waals surface area contributed by atoms with Gasteiger partial charge in [-0.05, 0) is 49.4 Å². The van der Waals surface area contributed by atoms with Gasteiger partial charge in [0.25, 0.3) is 0 Å². The Labute approximate surface area is 116 Å². The lowest BCUT2D eigenvalue weighted by Gasteiger charge is -2.48. The van der Waals surface area contributed by atoms with Gasteiger partial charge in [0.1, 0.15) is 0 Å². The summed E-state index contributed by atoms with van der Waals surface area (Å²) < 4.78 is 10.8. The summed E-state index contributed by atoms with van der Waals surface area (Å²) in [5, 5.41) is 3.69. The predicted molar refractivity (Wildman–Crippen MR) is 78.1 cm³/mol. The summed E-state index contributed by atoms with van der Waals surface area (Å²) in [4.78, 5) is 0. The molecule has 0 spiro atoms. The molecule has 0 aliphatic carbocycles. The highest BCUT2D eigenvalue weighted by molar-refractivity contribution is 5.50. The number of ether oxygens (including phenoxy) is 2. The molecule has 1 aromatic carbocycles. The Hall–Kier alpha value is -1.22. The van der Waals surface area contributed by atoms with Crippen LogP contribution in [0.2, 0.25) is 0 Å². The van der Waals surface area contributed by atoms with Crippen molar-refractivity contribution < 1.29 is 9.47 Å². The molecule has 2 unspecified atom stereocenters. The molecule has 0 radical (unpaired) electrons. The fourth-order valence-corrected chi connectivity index (χ4v) is 3.08. The van der Waals surface area contributed by atoms with Crippen LogP contribution in [0, 0.1) is 0 Å². The molecule has 106 valence electrons. The fourth-order valence-electron chi connectivity index (χ4n) is 3.08. The van der Waals surface area contributed by atoms with E-state index in [2.05, 4.69) is 38.2 Å². The predicted octanol–water partition coefficient (Wildman–Crippen LogP) is 3.25. The Bertz CT molecular complexity index is 450. The summed E-state index contributed by atoms with van der Waals surface area (Å²) in [6, 6.07) is 4.89. The first-order valence-corrected chi connectivity index (χ1v) is 7.11. The van der Waals surface area contributed by atoms with Crippen LogP contribution in [0.5, 0.6) is 11.5 Å². The number of nitrogens with one attached hydrogen (secondary N) is 1. The van der Waals surface area contributed by atoms with Crippen molar-refractivity contribution in [2.75, 3.05) is 14.2 Å². The minimum atomic E-state index is 0.0750. The van der Waals surface area contributed by atoms with Gasteiger partial charge in [-0.2, -0.15) is 0 Å². The smallest absolute Gasteiger partial charge is 0.161 e. The SMILES string of the molecule is CCc1cc(OC)c(OC)cc1C1(C)CC(CC)N1. The first kappa shape index (κ1) is 14.2. The van der Waals surface area contributed by atoms with Crippen LogP contribution in [0.4, 0.5) is 0 Å². The highest BCUT2D eigenvalue weighted by Crippen LogP contribution is 2.42. The molecule has 19 heavy (non-hydrogen) atoms. The summed E-state index contributed by atoms with van der Waals surface area (Å²) in [7, 11) is 3.38. The summed E-state index contributed by atoms with van der Waals surface area (Å²) in [5.41, 5.74) is 2.76. The Morgan fingerprint density at radius 3 is 2.26 bits per heavy atom. The second-order valence-corrected chi connectivity index (χ2v) is 5.50. The van der Waals surface area contributed by atoms with Crippen LogP contribution in [0.15, 0.2) is 12.1 Å². The zero-order chi connectivity index (χ0) is 14.0. The number of benzene rings is 1. The normalized spacial score (nSPS) is 25.8. The van der Waals surface area contributed by atoms with Crippen molar-refractivity contribution in [1.29, 1.82) is 0 Å². The maximum atomic E-state index is 5.44. The molecule has 3 nitrogen and oxygen atoms in total. The maximum absolute atomic E-state index is 5.44. The van der Waals surface area contributed by atoms with Gasteiger partial charge in [-0.1, -0.05) is 13.8 Å². The Morgan fingerprint density at radius 1 is 1.21 bits per heavy atom. The molecule has 1 aliphatic heterocycles. The van der Waals surface area contributed by atoms with E-state index in [0.717, 1.165) is 17.9 Å². The van der Waals surface area contributed by atoms with E-state index >= 15 is 0 Å². The lowest BCUT2D eigenvalue weighted by Crippen LogP contribution is -2.59. The summed E-state index contributed by atoms with van der Waals surface area (Å²) in [6.07, 6.45) is 3.38. The van der Waals surface area contributed by atoms with E-state index in [4.69, 9.17) is 9.47 Å². The van der Waals surface area contributed by atoms with Crippen LogP contribution in [-0.2, 0) is 12.0 Å². The van der Waals surface area contributed by atoms with Crippen LogP contribution in [0.1, 0.15) is 44.7 Å². The molecular weight excluding hydrogens is 238 g/mol. The van der Waals surface area contributed by atoms with Gasteiger partial charge in [-0.25, -0.2) is 0 Å². The summed E-state index contributed by atoms with van der Waals surface area (Å²) >= 11 is 0. The monoisotopic (exact) mass is 263 g/mol. The molecule has 0 aromatic heterocycles. The van der Waals surface area contributed by atoms with Crippen molar-refractivity contribution >= 4 is 0 Å². The van der Waals surface area contributed by atoms with Crippen molar-refractivity contribution in [3.05, 3.63) is 23.3 Å². The molecule has 1 saturated heterocycles. The number of aryl methyl sites for hydroxylation is 1. The van der Waals surface area contributed by atoms with Gasteiger partial charge < -0.3 is 14.8 Å². The van der Waals surface area contributed by atoms with E-state index in [1.54, 1.807) is 14.2 Å². The number of methoxy groups -OCH3 is 2. The molecule has 0 amide bonds. The number of rotatable bonds is 5. The molecule has 3 heteroatoms. The third-order valence-corrected chi connectivity index (χ3v) is 4.25. The molecule has 0 saturated carbocycles. The van der Waals surface area contributed by atoms with Crippen molar-refractivity contribution in [2.24, 2.45) is 0 Å². The van der Waals surface area contributed by atoms with Crippen LogP contribution in [-0.4, -0.2) is 20.3 Å². The van der Waals surface area contributed by atoms with E-state index in [9.17, 15) is 0 Å². The molecule has 2 atom stereocenters. The van der Waals surface area contributed by atoms with Crippen LogP contribution < -0.4 is 14.8 Å². The molecule has 0 bridgehead atoms. The molecule has 1 aromatic rings. The highest BCUT2D eigenvalue weighted by atomic mass is 16.5. The Morgan fingerprint density at radius 2 is 1.79 bits per heavy atom. The molecule has 1 aliphatic rings. The number of hydrogen-bond donors (Lipinski definition) is 1. The maximum Gasteiger partial charge on any atom is 0.161 e. The lowest BCUT2D eigenvalue weighted by molar-refractivity contribution is 0.149. The van der Waals surface area contributed by atoms with Gasteiger partial charge in [0, 0.05) is 11.6 Å². The van der Waals surface area contributed by atoms with Crippen molar-refractivity contribution in [3.63, 3.8) is 0 Å². The summed E-state index contributed by atoms with van der Waals surface area (Å²) in [6.45, 7) is 6.69. The highest BCUT2D eigenvalue weighted by Gasteiger charge is 2.41. The van der Waals surface area contributed by atoms with Gasteiger partial charge >= 0.3 is 0 Å². The Balaban J connectivity index is 2.39. The zero-order valence-corrected chi connectivity index (χ0v) is 12.7. The van der Waals surface area contributed by atoms with E-state index in [1.165, 1.54) is 24.0 Å². The first-order valence-electron chi connectivity index (χ1n) is 7.11. The zero-order valence-electron chi connectivity index (χ0n) is 12.7. The topological polar surface area (TPSA) is 30.5 Å². The average Bonchev–Trinajstić information content (AvgIpc) is 2.42. The van der Waals surface area contributed by atoms with Gasteiger partial charge in [-0.15, -0.1) is 0 Å². The minimum Gasteiger partial charge on any atom is -0.493 e. The van der Waals surface area contributed by atoms with Crippen molar-refractivity contribution in [2.45, 2.75) is 51.6 Å². The molecule has 1 heterocycles. The lowest BCUT2D eigenvalue weighted by atomic mass is 9.74. The minimum absolute atomic E-state index is 0.0750. The van der Waals surface area contributed by atoms with Crippen LogP contribution in [0.25, 0.3) is 0 Å². The van der Waals surface area contributed by atoms with Crippen molar-refractivity contribution in [3.8, 4) is 11.5 Å². The van der Waals surface area contributed by atoms with Gasteiger partial charge in [0.15, 0.2) is 11.5 Å². The fraction of sp³-hybridized carbons (Fsp3) is 0.625. The second kappa shape index (κ2) is 5.41. The van der Waals surface area contributed by atoms with E-state index in [-0.39, 0.29) is 5.54 Å². The molecule has 1 fully saturated rings. The van der Waals surface area contributed by atoms with Gasteiger partial charge in [-0.3, -0.25) is 0 Å². The van der Waals surface area contributed by atoms with E-state index < -0.39 is 0 Å². The van der Waals surface area contributed by atoms with E-state index in [1.807, 2.05) is 0 Å². The molecule has 2 rings (SSSR count). The largest absolute Gasteiger partial charge is 0.493 e. The second-order valence-electron chi connectivity index (χ2n) is 5.50. The van der Waals surface area contributed by atoms with Gasteiger partial charge in [0.2, 0.25) is 0 Å². The quantitative estimate of drug-likeness (QED) is 0.884. The third-order valence-electron chi connectivity index (χ3n) is 4.25. The number of hydrogen-bond acceptors (Lipinski definition) is 3.